The first-order chi connectivity index (χ1) is 18.0. The molecule has 0 atom stereocenters. The molecule has 0 saturated heterocycles. The van der Waals surface area contributed by atoms with Gasteiger partial charge in [-0.15, -0.1) is 5.11 Å². The van der Waals surface area contributed by atoms with Crippen molar-refractivity contribution in [2.45, 2.75) is 18.7 Å². The summed E-state index contributed by atoms with van der Waals surface area (Å²) in [4.78, 5) is 12.6. The Kier molecular flexibility index (Phi) is 10.0. The van der Waals surface area contributed by atoms with Crippen LogP contribution in [0.25, 0.3) is 10.8 Å². The second-order valence-electron chi connectivity index (χ2n) is 8.10. The molecular weight excluding hydrogens is 576 g/mol. The predicted octanol–water partition coefficient (Wildman–Crippen LogP) is 3.85. The first-order valence-electron chi connectivity index (χ1n) is 11.2. The van der Waals surface area contributed by atoms with Crippen molar-refractivity contribution in [3.05, 3.63) is 81.8 Å². The van der Waals surface area contributed by atoms with Crippen molar-refractivity contribution in [1.82, 2.24) is 0 Å². The Balaban J connectivity index is 0.00000420. The number of fused-ring (bicyclic) bond motifs is 1. The van der Waals surface area contributed by atoms with E-state index in [2.05, 4.69) is 15.5 Å². The van der Waals surface area contributed by atoms with E-state index in [0.717, 1.165) is 0 Å². The Morgan fingerprint density at radius 2 is 1.77 bits per heavy atom. The first-order valence-corrected chi connectivity index (χ1v) is 13.4. The van der Waals surface area contributed by atoms with E-state index in [1.165, 1.54) is 18.2 Å². The van der Waals surface area contributed by atoms with Crippen LogP contribution in [0.2, 0.25) is 10.0 Å². The average molecular weight is 596 g/mol. The number of aryl methyl sites for hydroxylation is 1. The van der Waals surface area contributed by atoms with E-state index in [0.29, 0.717) is 22.9 Å². The molecule has 2 N–H and O–H groups in total. The number of nitrogens with one attached hydrogen (secondary N) is 1. The molecule has 39 heavy (non-hydrogen) atoms. The molecule has 9 nitrogen and oxygen atoms in total. The molecule has 0 unspecified atom stereocenters. The van der Waals surface area contributed by atoms with Crippen LogP contribution in [0.5, 0.6) is 11.5 Å². The number of nitrogens with zero attached hydrogens (tertiary/aromatic N) is 2. The molecule has 0 aromatic heterocycles. The minimum Gasteiger partial charge on any atom is -0.870 e. The van der Waals surface area contributed by atoms with Gasteiger partial charge in [-0.2, -0.15) is 13.5 Å². The van der Waals surface area contributed by atoms with Gasteiger partial charge >= 0.3 is 29.6 Å². The van der Waals surface area contributed by atoms with Crippen LogP contribution in [0.15, 0.2) is 75.8 Å². The number of para-hydroxylation sites is 1. The summed E-state index contributed by atoms with van der Waals surface area (Å²) in [5.74, 6) is -1.23. The van der Waals surface area contributed by atoms with Crippen molar-refractivity contribution in [1.29, 1.82) is 0 Å². The molecule has 0 fully saturated rings. The van der Waals surface area contributed by atoms with Gasteiger partial charge in [0.2, 0.25) is 0 Å². The van der Waals surface area contributed by atoms with Crippen molar-refractivity contribution >= 4 is 67.1 Å². The Labute approximate surface area is 256 Å². The number of benzene rings is 4. The zero-order valence-electron chi connectivity index (χ0n) is 21.0. The molecule has 4 aromatic carbocycles. The maximum absolute atomic E-state index is 13.5. The van der Waals surface area contributed by atoms with E-state index in [-0.39, 0.29) is 68.0 Å². The van der Waals surface area contributed by atoms with E-state index in [1.54, 1.807) is 56.3 Å². The Bertz CT molecular complexity index is 1710. The number of ether oxygens (including phenoxy) is 1. The van der Waals surface area contributed by atoms with Gasteiger partial charge in [0, 0.05) is 10.9 Å². The number of azo groups is 1. The number of anilines is 1. The van der Waals surface area contributed by atoms with Gasteiger partial charge < -0.3 is 15.2 Å². The minimum absolute atomic E-state index is 0. The van der Waals surface area contributed by atoms with Gasteiger partial charge in [-0.1, -0.05) is 59.3 Å². The molecule has 0 aliphatic rings. The van der Waals surface area contributed by atoms with Gasteiger partial charge in [-0.05, 0) is 55.1 Å². The first kappa shape index (κ1) is 30.8. The van der Waals surface area contributed by atoms with Crippen LogP contribution in [0.1, 0.15) is 22.8 Å². The van der Waals surface area contributed by atoms with E-state index >= 15 is 0 Å². The normalized spacial score (nSPS) is 11.4. The summed E-state index contributed by atoms with van der Waals surface area (Å²) in [5.41, 5.74) is 0.104. The number of amides is 1. The monoisotopic (exact) mass is 595 g/mol. The standard InChI is InChI=1S/C26H21Cl2N3O6S.Na/c1-3-37-24-18(27)9-6-10-20(24)29-26(33)17-13-15-7-4-5-8-16(15)22(23(17)32)31-30-21-12-14(2)11-19(28)25(21)38(34,35)36;/h4-13,32H,3H2,1-2H3,(H,29,33)(H,34,35,36);/q;+1/p-1. The predicted molar refractivity (Wildman–Crippen MR) is 144 cm³/mol. The van der Waals surface area contributed by atoms with E-state index in [1.807, 2.05) is 0 Å². The molecule has 0 saturated carbocycles. The van der Waals surface area contributed by atoms with Crippen molar-refractivity contribution in [3.63, 3.8) is 0 Å². The summed E-state index contributed by atoms with van der Waals surface area (Å²) >= 11 is 12.2. The van der Waals surface area contributed by atoms with Crippen molar-refractivity contribution < 1.29 is 57.2 Å². The van der Waals surface area contributed by atoms with Crippen LogP contribution in [0.4, 0.5) is 17.1 Å². The smallest absolute Gasteiger partial charge is 0.870 e. The van der Waals surface area contributed by atoms with E-state index in [4.69, 9.17) is 27.9 Å². The number of hydrogen-bond acceptors (Lipinski definition) is 7. The van der Waals surface area contributed by atoms with Gasteiger partial charge in [0.05, 0.1) is 28.0 Å². The molecule has 4 aromatic rings. The molecule has 0 bridgehead atoms. The van der Waals surface area contributed by atoms with Gasteiger partial charge in [-0.25, -0.2) is 0 Å². The van der Waals surface area contributed by atoms with Gasteiger partial charge in [0.15, 0.2) is 5.75 Å². The number of rotatable bonds is 7. The van der Waals surface area contributed by atoms with Gasteiger partial charge in [-0.3, -0.25) is 9.35 Å². The van der Waals surface area contributed by atoms with E-state index in [9.17, 15) is 22.9 Å². The third-order valence-corrected chi connectivity index (χ3v) is 7.06. The zero-order valence-corrected chi connectivity index (χ0v) is 25.4. The second-order valence-corrected chi connectivity index (χ2v) is 10.3. The van der Waals surface area contributed by atoms with Crippen LogP contribution in [-0.2, 0) is 10.1 Å². The molecule has 0 aliphatic carbocycles. The largest absolute Gasteiger partial charge is 1.00 e. The Morgan fingerprint density at radius 1 is 1.05 bits per heavy atom. The summed E-state index contributed by atoms with van der Waals surface area (Å²) in [7, 11) is -4.76. The Hall–Kier alpha value is -2.70. The minimum atomic E-state index is -4.76. The fourth-order valence-electron chi connectivity index (χ4n) is 3.81. The fraction of sp³-hybridized carbons (Fsp3) is 0.115. The summed E-state index contributed by atoms with van der Waals surface area (Å²) in [6, 6.07) is 15.6. The van der Waals surface area contributed by atoms with E-state index < -0.39 is 26.7 Å². The summed E-state index contributed by atoms with van der Waals surface area (Å²) in [6.07, 6.45) is 0. The quantitative estimate of drug-likeness (QED) is 0.189. The topological polar surface area (TPSA) is 140 Å². The zero-order chi connectivity index (χ0) is 27.6. The molecular formula is C26H20Cl2N3NaO6S. The van der Waals surface area contributed by atoms with Crippen LogP contribution in [0.3, 0.4) is 0 Å². The van der Waals surface area contributed by atoms with Crippen LogP contribution < -0.4 is 44.7 Å². The molecule has 0 radical (unpaired) electrons. The number of hydrogen-bond donors (Lipinski definition) is 2. The second kappa shape index (κ2) is 12.6. The molecule has 4 rings (SSSR count). The maximum Gasteiger partial charge on any atom is 1.00 e. The third-order valence-electron chi connectivity index (χ3n) is 5.41. The van der Waals surface area contributed by atoms with Crippen molar-refractivity contribution in [3.8, 4) is 11.5 Å². The number of carbonyl (C=O) groups is 1. The SMILES string of the molecule is CCOc1c(Cl)cccc1NC(=O)c1cc2ccccc2c(N=Nc2cc(C)cc(Cl)c2S(=O)(=O)O)c1[O-].[Na+]. The maximum atomic E-state index is 13.5. The molecule has 1 amide bonds. The summed E-state index contributed by atoms with van der Waals surface area (Å²) < 4.78 is 39.0. The molecule has 196 valence electrons. The number of halogens is 2. The molecule has 0 spiro atoms. The van der Waals surface area contributed by atoms with Gasteiger partial charge in [0.1, 0.15) is 10.6 Å². The van der Waals surface area contributed by atoms with Crippen molar-refractivity contribution in [2.75, 3.05) is 11.9 Å². The Morgan fingerprint density at radius 3 is 2.46 bits per heavy atom. The average Bonchev–Trinajstić information content (AvgIpc) is 2.84. The summed E-state index contributed by atoms with van der Waals surface area (Å²) in [6.45, 7) is 3.71. The molecule has 13 heteroatoms. The molecule has 0 aliphatic heterocycles. The van der Waals surface area contributed by atoms with Crippen LogP contribution in [0, 0.1) is 6.92 Å². The van der Waals surface area contributed by atoms with Crippen LogP contribution in [-0.4, -0.2) is 25.5 Å². The molecule has 0 heterocycles. The number of carbonyl (C=O) groups excluding carboxylic acids is 1. The van der Waals surface area contributed by atoms with Gasteiger partial charge in [0.25, 0.3) is 16.0 Å². The summed E-state index contributed by atoms with van der Waals surface area (Å²) in [5, 5.41) is 25.0. The van der Waals surface area contributed by atoms with Crippen LogP contribution >= 0.6 is 23.2 Å². The fourth-order valence-corrected chi connectivity index (χ4v) is 5.27. The van der Waals surface area contributed by atoms with Crippen molar-refractivity contribution in [2.24, 2.45) is 10.2 Å². The third kappa shape index (κ3) is 6.72.